The summed E-state index contributed by atoms with van der Waals surface area (Å²) in [6, 6.07) is 0. The molecule has 28 heavy (non-hydrogen) atoms. The summed E-state index contributed by atoms with van der Waals surface area (Å²) < 4.78 is 0. The van der Waals surface area contributed by atoms with Gasteiger partial charge in [0.05, 0.1) is 10.9 Å². The van der Waals surface area contributed by atoms with Crippen LogP contribution in [-0.4, -0.2) is 21.8 Å². The van der Waals surface area contributed by atoms with E-state index in [2.05, 4.69) is 36.7 Å². The highest BCUT2D eigenvalue weighted by Crippen LogP contribution is 2.66. The predicted molar refractivity (Wildman–Crippen MR) is 118 cm³/mol. The maximum absolute atomic E-state index is 12.8. The molecule has 0 unspecified atom stereocenters. The van der Waals surface area contributed by atoms with E-state index in [4.69, 9.17) is 0 Å². The van der Waals surface area contributed by atoms with Crippen molar-refractivity contribution in [1.82, 2.24) is 0 Å². The third-order valence-corrected chi connectivity index (χ3v) is 11.0. The number of carbonyl (C=O) groups is 1. The van der Waals surface area contributed by atoms with Crippen LogP contribution in [0.25, 0.3) is 0 Å². The number of Topliss-reactive ketones (excluding diaryl/α,β-unsaturated/α-hetero) is 1. The number of rotatable bonds is 3. The topological polar surface area (TPSA) is 37.3 Å². The minimum atomic E-state index is -0.420. The zero-order valence-electron chi connectivity index (χ0n) is 18.3. The van der Waals surface area contributed by atoms with Crippen LogP contribution in [0.3, 0.4) is 0 Å². The Kier molecular flexibility index (Phi) is 5.84. The number of hydrogen-bond acceptors (Lipinski definition) is 2. The Morgan fingerprint density at radius 1 is 0.964 bits per heavy atom. The first kappa shape index (κ1) is 21.3. The summed E-state index contributed by atoms with van der Waals surface area (Å²) in [5.41, 5.74) is 0.204. The third-order valence-electron chi connectivity index (χ3n) is 10.5. The Bertz CT molecular complexity index is 605. The molecular weight excluding hydrogens is 412 g/mol. The normalized spacial score (nSPS) is 51.4. The van der Waals surface area contributed by atoms with Crippen LogP contribution in [0.15, 0.2) is 0 Å². The van der Waals surface area contributed by atoms with Crippen molar-refractivity contribution in [2.45, 2.75) is 103 Å². The quantitative estimate of drug-likeness (QED) is 0.493. The molecule has 4 fully saturated rings. The summed E-state index contributed by atoms with van der Waals surface area (Å²) in [4.78, 5) is 12.8. The van der Waals surface area contributed by atoms with Gasteiger partial charge in [-0.3, -0.25) is 4.79 Å². The molecule has 4 aliphatic carbocycles. The molecule has 0 radical (unpaired) electrons. The van der Waals surface area contributed by atoms with Gasteiger partial charge >= 0.3 is 0 Å². The van der Waals surface area contributed by atoms with Crippen LogP contribution in [0.5, 0.6) is 0 Å². The van der Waals surface area contributed by atoms with Crippen molar-refractivity contribution in [3.63, 3.8) is 0 Å². The van der Waals surface area contributed by atoms with E-state index >= 15 is 0 Å². The van der Waals surface area contributed by atoms with Gasteiger partial charge in [0.1, 0.15) is 5.78 Å². The number of halogens is 1. The van der Waals surface area contributed by atoms with E-state index in [-0.39, 0.29) is 11.3 Å². The van der Waals surface area contributed by atoms with Gasteiger partial charge in [-0.25, -0.2) is 0 Å². The monoisotopic (exact) mass is 452 g/mol. The average molecular weight is 454 g/mol. The van der Waals surface area contributed by atoms with E-state index in [1.807, 2.05) is 0 Å². The number of ketones is 1. The van der Waals surface area contributed by atoms with Crippen LogP contribution in [0.4, 0.5) is 0 Å². The van der Waals surface area contributed by atoms with Gasteiger partial charge in [-0.05, 0) is 98.7 Å². The number of carbonyl (C=O) groups excluding carboxylic acids is 1. The molecule has 0 aliphatic heterocycles. The standard InChI is InChI=1S/C25H41BrO2/c1-4-25(28)13-6-12-23(2)17(15-25)9-10-18-19-7-5-8-21(22(27)16-26)24(19,3)14-11-20(18)23/h17-21,28H,4-16H2,1-3H3/t17-,18-,19-,20-,21+,23-,24-,25+/m0/s1. The number of hydrogen-bond donors (Lipinski definition) is 1. The van der Waals surface area contributed by atoms with Gasteiger partial charge in [0.25, 0.3) is 0 Å². The molecule has 4 aliphatic rings. The van der Waals surface area contributed by atoms with E-state index < -0.39 is 5.60 Å². The fourth-order valence-electron chi connectivity index (χ4n) is 8.76. The van der Waals surface area contributed by atoms with E-state index in [0.717, 1.165) is 43.4 Å². The number of aliphatic hydroxyl groups is 1. The average Bonchev–Trinajstić information content (AvgIpc) is 2.82. The molecule has 8 atom stereocenters. The first-order chi connectivity index (χ1) is 13.3. The Labute approximate surface area is 180 Å². The maximum Gasteiger partial charge on any atom is 0.147 e. The molecule has 4 saturated carbocycles. The minimum Gasteiger partial charge on any atom is -0.390 e. The van der Waals surface area contributed by atoms with Gasteiger partial charge in [-0.15, -0.1) is 0 Å². The lowest BCUT2D eigenvalue weighted by Crippen LogP contribution is -2.56. The van der Waals surface area contributed by atoms with Crippen molar-refractivity contribution >= 4 is 21.7 Å². The Balaban J connectivity index is 1.61. The minimum absolute atomic E-state index is 0.225. The highest BCUT2D eigenvalue weighted by atomic mass is 79.9. The van der Waals surface area contributed by atoms with Gasteiger partial charge < -0.3 is 5.11 Å². The molecule has 0 aromatic rings. The van der Waals surface area contributed by atoms with Crippen molar-refractivity contribution in [2.24, 2.45) is 40.4 Å². The summed E-state index contributed by atoms with van der Waals surface area (Å²) in [6.07, 6.45) is 14.3. The molecule has 160 valence electrons. The van der Waals surface area contributed by atoms with E-state index in [0.29, 0.717) is 22.4 Å². The van der Waals surface area contributed by atoms with Gasteiger partial charge in [-0.2, -0.15) is 0 Å². The fourth-order valence-corrected chi connectivity index (χ4v) is 9.15. The molecule has 0 aromatic heterocycles. The van der Waals surface area contributed by atoms with Crippen molar-refractivity contribution in [3.05, 3.63) is 0 Å². The SMILES string of the molecule is CC[C@@]1(O)CCC[C@@]2(C)[C@@H](CC[C@@H]3[C@@H]2CC[C@]2(C)[C@@H](C(=O)CBr)CCC[C@@H]32)C1. The molecule has 1 N–H and O–H groups in total. The largest absolute Gasteiger partial charge is 0.390 e. The molecule has 0 amide bonds. The van der Waals surface area contributed by atoms with Crippen LogP contribution in [0.1, 0.15) is 97.8 Å². The molecule has 0 bridgehead atoms. The molecular formula is C25H41BrO2. The van der Waals surface area contributed by atoms with Gasteiger partial charge in [-0.1, -0.05) is 49.5 Å². The second kappa shape index (κ2) is 7.66. The zero-order chi connectivity index (χ0) is 20.2. The molecule has 0 saturated heterocycles. The van der Waals surface area contributed by atoms with E-state index in [1.165, 1.54) is 51.4 Å². The first-order valence-electron chi connectivity index (χ1n) is 12.1. The van der Waals surface area contributed by atoms with E-state index in [1.54, 1.807) is 0 Å². The molecule has 4 rings (SSSR count). The second-order valence-electron chi connectivity index (χ2n) is 11.4. The van der Waals surface area contributed by atoms with Gasteiger partial charge in [0.2, 0.25) is 0 Å². The van der Waals surface area contributed by atoms with Crippen LogP contribution < -0.4 is 0 Å². The molecule has 2 nitrogen and oxygen atoms in total. The van der Waals surface area contributed by atoms with Gasteiger partial charge in [0.15, 0.2) is 0 Å². The van der Waals surface area contributed by atoms with Crippen LogP contribution in [0.2, 0.25) is 0 Å². The van der Waals surface area contributed by atoms with Crippen molar-refractivity contribution in [1.29, 1.82) is 0 Å². The summed E-state index contributed by atoms with van der Waals surface area (Å²) >= 11 is 3.47. The summed E-state index contributed by atoms with van der Waals surface area (Å²) in [5, 5.41) is 11.7. The second-order valence-corrected chi connectivity index (χ2v) is 12.0. The highest BCUT2D eigenvalue weighted by molar-refractivity contribution is 9.09. The van der Waals surface area contributed by atoms with Crippen molar-refractivity contribution in [2.75, 3.05) is 5.33 Å². The van der Waals surface area contributed by atoms with Crippen LogP contribution in [-0.2, 0) is 4.79 Å². The van der Waals surface area contributed by atoms with Crippen molar-refractivity contribution in [3.8, 4) is 0 Å². The maximum atomic E-state index is 12.8. The molecule has 0 spiro atoms. The smallest absolute Gasteiger partial charge is 0.147 e. The summed E-state index contributed by atoms with van der Waals surface area (Å²) in [5.74, 6) is 3.76. The first-order valence-corrected chi connectivity index (χ1v) is 13.2. The highest BCUT2D eigenvalue weighted by Gasteiger charge is 2.59. The Morgan fingerprint density at radius 2 is 1.71 bits per heavy atom. The molecule has 0 heterocycles. The number of alkyl halides is 1. The predicted octanol–water partition coefficient (Wildman–Crippen LogP) is 6.53. The van der Waals surface area contributed by atoms with Crippen LogP contribution in [0, 0.1) is 40.4 Å². The van der Waals surface area contributed by atoms with Crippen molar-refractivity contribution < 1.29 is 9.90 Å². The Morgan fingerprint density at radius 3 is 2.43 bits per heavy atom. The van der Waals surface area contributed by atoms with Gasteiger partial charge in [0, 0.05) is 5.92 Å². The molecule has 0 aromatic carbocycles. The lowest BCUT2D eigenvalue weighted by atomic mass is 9.42. The summed E-state index contributed by atoms with van der Waals surface area (Å²) in [7, 11) is 0. The number of fused-ring (bicyclic) bond motifs is 5. The summed E-state index contributed by atoms with van der Waals surface area (Å²) in [6.45, 7) is 7.22. The fraction of sp³-hybridized carbons (Fsp3) is 0.960. The lowest BCUT2D eigenvalue weighted by molar-refractivity contribution is -0.151. The van der Waals surface area contributed by atoms with Crippen LogP contribution >= 0.6 is 15.9 Å². The molecule has 3 heteroatoms. The Hall–Kier alpha value is 0.110. The lowest BCUT2D eigenvalue weighted by Gasteiger charge is -2.62. The third kappa shape index (κ3) is 3.26. The zero-order valence-corrected chi connectivity index (χ0v) is 19.9. The van der Waals surface area contributed by atoms with E-state index in [9.17, 15) is 9.90 Å².